The largest absolute Gasteiger partial charge is 0.466 e. The highest BCUT2D eigenvalue weighted by molar-refractivity contribution is 5.85. The Balaban J connectivity index is 2.26. The second kappa shape index (κ2) is 12.1. The van der Waals surface area contributed by atoms with Crippen LogP contribution in [-0.2, 0) is 14.3 Å². The van der Waals surface area contributed by atoms with Gasteiger partial charge in [0.25, 0.3) is 0 Å². The minimum Gasteiger partial charge on any atom is -0.466 e. The van der Waals surface area contributed by atoms with Gasteiger partial charge in [-0.15, -0.1) is 0 Å². The fourth-order valence-electron chi connectivity index (χ4n) is 3.36. The summed E-state index contributed by atoms with van der Waals surface area (Å²) in [4.78, 5) is 25.1. The van der Waals surface area contributed by atoms with Crippen molar-refractivity contribution in [3.05, 3.63) is 12.2 Å². The second-order valence-electron chi connectivity index (χ2n) is 7.47. The van der Waals surface area contributed by atoms with Gasteiger partial charge in [-0.1, -0.05) is 51.2 Å². The van der Waals surface area contributed by atoms with Crippen LogP contribution in [0.3, 0.4) is 0 Å². The van der Waals surface area contributed by atoms with E-state index in [9.17, 15) is 14.7 Å². The molecule has 26 heavy (non-hydrogen) atoms. The van der Waals surface area contributed by atoms with Crippen LogP contribution >= 0.6 is 0 Å². The van der Waals surface area contributed by atoms with Gasteiger partial charge in [-0.25, -0.2) is 0 Å². The maximum absolute atomic E-state index is 12.0. The molecule has 1 N–H and O–H groups in total. The molecule has 1 rings (SSSR count). The molecule has 1 saturated heterocycles. The predicted octanol–water partition coefficient (Wildman–Crippen LogP) is 3.99. The van der Waals surface area contributed by atoms with E-state index in [0.29, 0.717) is 19.4 Å². The smallest absolute Gasteiger partial charge is 0.305 e. The monoisotopic (exact) mass is 367 g/mol. The number of hydrogen-bond donors (Lipinski definition) is 1. The van der Waals surface area contributed by atoms with E-state index < -0.39 is 6.10 Å². The summed E-state index contributed by atoms with van der Waals surface area (Å²) < 4.78 is 4.91. The van der Waals surface area contributed by atoms with Crippen molar-refractivity contribution in [2.24, 2.45) is 0 Å². The van der Waals surface area contributed by atoms with E-state index in [-0.39, 0.29) is 17.4 Å². The molecule has 5 nitrogen and oxygen atoms in total. The molecule has 1 amide bonds. The highest BCUT2D eigenvalue weighted by Crippen LogP contribution is 2.33. The third-order valence-corrected chi connectivity index (χ3v) is 5.03. The van der Waals surface area contributed by atoms with Crippen LogP contribution in [0.15, 0.2) is 12.2 Å². The van der Waals surface area contributed by atoms with E-state index >= 15 is 0 Å². The van der Waals surface area contributed by atoms with Crippen molar-refractivity contribution in [3.8, 4) is 0 Å². The van der Waals surface area contributed by atoms with Gasteiger partial charge in [0.15, 0.2) is 0 Å². The number of aliphatic hydroxyl groups is 1. The molecule has 5 heteroatoms. The molecule has 1 fully saturated rings. The molecule has 0 bridgehead atoms. The number of aliphatic hydroxyl groups excluding tert-OH is 1. The summed E-state index contributed by atoms with van der Waals surface area (Å²) in [6.45, 7) is 7.21. The number of amides is 1. The minimum absolute atomic E-state index is 0.124. The van der Waals surface area contributed by atoms with Crippen molar-refractivity contribution >= 4 is 11.9 Å². The summed E-state index contributed by atoms with van der Waals surface area (Å²) in [5.74, 6) is 0.0600. The first-order chi connectivity index (χ1) is 12.4. The van der Waals surface area contributed by atoms with Gasteiger partial charge in [-0.3, -0.25) is 9.59 Å². The van der Waals surface area contributed by atoms with E-state index in [4.69, 9.17) is 4.74 Å². The van der Waals surface area contributed by atoms with Crippen molar-refractivity contribution in [1.82, 2.24) is 4.90 Å². The number of nitrogens with zero attached hydrogens (tertiary/aromatic N) is 1. The number of hydrogen-bond acceptors (Lipinski definition) is 4. The third kappa shape index (κ3) is 7.90. The lowest BCUT2D eigenvalue weighted by Crippen LogP contribution is -2.60. The molecule has 1 unspecified atom stereocenters. The van der Waals surface area contributed by atoms with Gasteiger partial charge in [0.05, 0.1) is 24.7 Å². The lowest BCUT2D eigenvalue weighted by Gasteiger charge is -2.48. The summed E-state index contributed by atoms with van der Waals surface area (Å²) >= 11 is 0. The Hall–Kier alpha value is -1.36. The maximum Gasteiger partial charge on any atom is 0.305 e. The van der Waals surface area contributed by atoms with Crippen LogP contribution in [0, 0.1) is 0 Å². The highest BCUT2D eigenvalue weighted by Gasteiger charge is 2.44. The van der Waals surface area contributed by atoms with Crippen LogP contribution < -0.4 is 0 Å². The highest BCUT2D eigenvalue weighted by atomic mass is 16.5. The molecule has 0 aromatic carbocycles. The fraction of sp³-hybridized carbons (Fsp3) is 0.810. The van der Waals surface area contributed by atoms with Crippen LogP contribution in [0.5, 0.6) is 0 Å². The average molecular weight is 368 g/mol. The molecule has 1 aliphatic heterocycles. The first kappa shape index (κ1) is 22.7. The van der Waals surface area contributed by atoms with Gasteiger partial charge < -0.3 is 14.7 Å². The molecule has 0 aromatic heterocycles. The average Bonchev–Trinajstić information content (AvgIpc) is 2.59. The molecule has 150 valence electrons. The maximum atomic E-state index is 12.0. The Morgan fingerprint density at radius 3 is 2.62 bits per heavy atom. The molecule has 0 radical (unpaired) electrons. The number of carbonyl (C=O) groups is 2. The van der Waals surface area contributed by atoms with Gasteiger partial charge in [-0.2, -0.15) is 0 Å². The lowest BCUT2D eigenvalue weighted by molar-refractivity contribution is -0.151. The van der Waals surface area contributed by atoms with Crippen LogP contribution in [0.1, 0.15) is 85.0 Å². The van der Waals surface area contributed by atoms with E-state index in [1.807, 2.05) is 24.0 Å². The molecular formula is C21H37NO4. The third-order valence-electron chi connectivity index (χ3n) is 5.03. The molecule has 1 aliphatic rings. The van der Waals surface area contributed by atoms with E-state index in [1.165, 1.54) is 0 Å². The van der Waals surface area contributed by atoms with Crippen molar-refractivity contribution in [2.75, 3.05) is 13.2 Å². The van der Waals surface area contributed by atoms with Crippen molar-refractivity contribution in [1.29, 1.82) is 0 Å². The fourth-order valence-corrected chi connectivity index (χ4v) is 3.36. The van der Waals surface area contributed by atoms with Gasteiger partial charge in [0.1, 0.15) is 0 Å². The van der Waals surface area contributed by atoms with Crippen molar-refractivity contribution in [3.63, 3.8) is 0 Å². The zero-order chi connectivity index (χ0) is 19.4. The molecule has 2 atom stereocenters. The number of esters is 1. The Bertz CT molecular complexity index is 463. The van der Waals surface area contributed by atoms with Gasteiger partial charge >= 0.3 is 5.97 Å². The van der Waals surface area contributed by atoms with Gasteiger partial charge in [0.2, 0.25) is 5.91 Å². The summed E-state index contributed by atoms with van der Waals surface area (Å²) in [6, 6.07) is 0. The summed E-state index contributed by atoms with van der Waals surface area (Å²) in [7, 11) is 0. The van der Waals surface area contributed by atoms with Gasteiger partial charge in [0, 0.05) is 13.0 Å². The number of rotatable bonds is 14. The molecule has 0 aliphatic carbocycles. The standard InChI is InChI=1S/C21H37NO4/c1-4-6-9-12-18(23)14-15-21(3)17-19(24)22(21)16-11-8-7-10-13-20(25)26-5-2/h14-15,18,23H,4-13,16-17H2,1-3H3/t18-,21?/m0/s1. The number of carbonyl (C=O) groups excluding carboxylic acids is 2. The molecular weight excluding hydrogens is 330 g/mol. The van der Waals surface area contributed by atoms with Crippen LogP contribution in [0.4, 0.5) is 0 Å². The number of ether oxygens (including phenoxy) is 1. The predicted molar refractivity (Wildman–Crippen MR) is 104 cm³/mol. The topological polar surface area (TPSA) is 66.8 Å². The van der Waals surface area contributed by atoms with E-state index in [2.05, 4.69) is 13.8 Å². The first-order valence-electron chi connectivity index (χ1n) is 10.3. The summed E-state index contributed by atoms with van der Waals surface area (Å²) in [6.07, 6.45) is 12.3. The van der Waals surface area contributed by atoms with Crippen molar-refractivity contribution < 1.29 is 19.4 Å². The summed E-state index contributed by atoms with van der Waals surface area (Å²) in [5.41, 5.74) is -0.256. The number of unbranched alkanes of at least 4 members (excludes halogenated alkanes) is 5. The zero-order valence-electron chi connectivity index (χ0n) is 16.8. The van der Waals surface area contributed by atoms with Crippen LogP contribution in [0.2, 0.25) is 0 Å². The molecule has 1 heterocycles. The molecule has 0 saturated carbocycles. The first-order valence-corrected chi connectivity index (χ1v) is 10.3. The van der Waals surface area contributed by atoms with Crippen molar-refractivity contribution in [2.45, 2.75) is 96.6 Å². The Morgan fingerprint density at radius 1 is 1.23 bits per heavy atom. The zero-order valence-corrected chi connectivity index (χ0v) is 16.8. The van der Waals surface area contributed by atoms with E-state index in [0.717, 1.165) is 57.9 Å². The Kier molecular flexibility index (Phi) is 10.6. The quantitative estimate of drug-likeness (QED) is 0.218. The SMILES string of the molecule is CCCCC[C@H](O)C=CC1(C)CC(=O)N1CCCCCCC(=O)OCC. The molecule has 0 spiro atoms. The van der Waals surface area contributed by atoms with E-state index in [1.54, 1.807) is 0 Å². The Labute approximate surface area is 158 Å². The Morgan fingerprint density at radius 2 is 1.96 bits per heavy atom. The van der Waals surface area contributed by atoms with Crippen LogP contribution in [0.25, 0.3) is 0 Å². The number of β-lactam (4-membered cyclic amide) rings is 1. The van der Waals surface area contributed by atoms with Crippen LogP contribution in [-0.4, -0.2) is 46.7 Å². The minimum atomic E-state index is -0.418. The number of likely N-dealkylation sites (tertiary alicyclic amines) is 1. The summed E-state index contributed by atoms with van der Waals surface area (Å²) in [5, 5.41) is 10.0. The second-order valence-corrected chi connectivity index (χ2v) is 7.47. The normalized spacial score (nSPS) is 21.1. The van der Waals surface area contributed by atoms with Gasteiger partial charge in [-0.05, 0) is 33.1 Å². The lowest BCUT2D eigenvalue weighted by atomic mass is 9.84. The molecule has 0 aromatic rings.